The number of carbonyl (C=O) groups is 1. The lowest BCUT2D eigenvalue weighted by molar-refractivity contribution is 0.00116. The number of benzene rings is 2. The van der Waals surface area contributed by atoms with Gasteiger partial charge in [0.2, 0.25) is 10.0 Å². The van der Waals surface area contributed by atoms with Gasteiger partial charge in [-0.05, 0) is 50.2 Å². The van der Waals surface area contributed by atoms with Crippen LogP contribution in [0.2, 0.25) is 0 Å². The van der Waals surface area contributed by atoms with Gasteiger partial charge in [0.15, 0.2) is 0 Å². The minimum absolute atomic E-state index is 0.0636. The van der Waals surface area contributed by atoms with Crippen LogP contribution in [0.1, 0.15) is 23.2 Å². The van der Waals surface area contributed by atoms with E-state index in [1.54, 1.807) is 54.6 Å². The van der Waals surface area contributed by atoms with Gasteiger partial charge in [0.25, 0.3) is 5.91 Å². The first-order valence-corrected chi connectivity index (χ1v) is 10.7. The van der Waals surface area contributed by atoms with Crippen LogP contribution in [0.15, 0.2) is 65.6 Å². The van der Waals surface area contributed by atoms with Crippen molar-refractivity contribution < 1.29 is 13.2 Å². The van der Waals surface area contributed by atoms with Crippen molar-refractivity contribution in [3.05, 3.63) is 66.2 Å². The van der Waals surface area contributed by atoms with Crippen molar-refractivity contribution in [2.24, 2.45) is 5.92 Å². The quantitative estimate of drug-likeness (QED) is 0.770. The van der Waals surface area contributed by atoms with Crippen molar-refractivity contribution in [3.63, 3.8) is 0 Å². The number of nitrogens with zero attached hydrogens (tertiary/aromatic N) is 1. The molecular weight excluding hydrogens is 362 g/mol. The molecular formula is C20H23N3O3S. The molecule has 2 N–H and O–H groups in total. The summed E-state index contributed by atoms with van der Waals surface area (Å²) in [5, 5.41) is 3.04. The van der Waals surface area contributed by atoms with E-state index in [0.29, 0.717) is 12.1 Å². The van der Waals surface area contributed by atoms with Crippen molar-refractivity contribution in [3.8, 4) is 0 Å². The average molecular weight is 385 g/mol. The first-order chi connectivity index (χ1) is 13.0. The summed E-state index contributed by atoms with van der Waals surface area (Å²) in [6, 6.07) is 17.2. The minimum Gasteiger partial charge on any atom is -0.332 e. The number of hydrogen-bond acceptors (Lipinski definition) is 4. The summed E-state index contributed by atoms with van der Waals surface area (Å²) in [6.07, 6.45) is 1.71. The van der Waals surface area contributed by atoms with E-state index in [1.165, 1.54) is 0 Å². The van der Waals surface area contributed by atoms with Gasteiger partial charge in [0, 0.05) is 18.0 Å². The van der Waals surface area contributed by atoms with E-state index in [0.717, 1.165) is 25.9 Å². The number of piperidine rings is 3. The van der Waals surface area contributed by atoms with Crippen LogP contribution in [0.4, 0.5) is 0 Å². The lowest BCUT2D eigenvalue weighted by atomic mass is 9.79. The van der Waals surface area contributed by atoms with E-state index in [2.05, 4.69) is 14.9 Å². The van der Waals surface area contributed by atoms with Gasteiger partial charge >= 0.3 is 0 Å². The molecule has 3 fully saturated rings. The van der Waals surface area contributed by atoms with E-state index in [1.807, 2.05) is 6.07 Å². The van der Waals surface area contributed by atoms with Gasteiger partial charge in [-0.15, -0.1) is 0 Å². The topological polar surface area (TPSA) is 78.5 Å². The second kappa shape index (κ2) is 7.07. The standard InChI is InChI=1S/C20H23N3O3S/c24-19(16-7-3-1-4-8-16)21-20(15-23-13-11-17(20)12-14-23)22-27(25,26)18-9-5-2-6-10-18/h1-10,17,22H,11-15H2,(H,21,24). The molecule has 0 saturated carbocycles. The summed E-state index contributed by atoms with van der Waals surface area (Å²) in [6.45, 7) is 2.34. The van der Waals surface area contributed by atoms with Crippen LogP contribution in [-0.2, 0) is 10.0 Å². The van der Waals surface area contributed by atoms with E-state index in [4.69, 9.17) is 0 Å². The first kappa shape index (κ1) is 18.2. The van der Waals surface area contributed by atoms with Crippen LogP contribution < -0.4 is 10.0 Å². The molecule has 3 heterocycles. The van der Waals surface area contributed by atoms with Crippen LogP contribution in [-0.4, -0.2) is 44.5 Å². The molecule has 0 aliphatic carbocycles. The van der Waals surface area contributed by atoms with Crippen LogP contribution in [0.25, 0.3) is 0 Å². The van der Waals surface area contributed by atoms with Crippen molar-refractivity contribution >= 4 is 15.9 Å². The zero-order valence-electron chi connectivity index (χ0n) is 15.0. The molecule has 3 aliphatic heterocycles. The van der Waals surface area contributed by atoms with Gasteiger partial charge in [-0.25, -0.2) is 8.42 Å². The fraction of sp³-hybridized carbons (Fsp3) is 0.350. The SMILES string of the molecule is O=C(NC1(NS(=O)(=O)c2ccccc2)CN2CCC1CC2)c1ccccc1. The number of nitrogens with one attached hydrogen (secondary N) is 2. The molecule has 5 rings (SSSR count). The molecule has 27 heavy (non-hydrogen) atoms. The molecule has 0 spiro atoms. The summed E-state index contributed by atoms with van der Waals surface area (Å²) in [4.78, 5) is 15.3. The molecule has 0 radical (unpaired) electrons. The molecule has 6 nitrogen and oxygen atoms in total. The van der Waals surface area contributed by atoms with Crippen LogP contribution in [0.5, 0.6) is 0 Å². The van der Waals surface area contributed by atoms with Crippen molar-refractivity contribution in [1.82, 2.24) is 14.9 Å². The molecule has 1 unspecified atom stereocenters. The molecule has 0 aromatic heterocycles. The summed E-state index contributed by atoms with van der Waals surface area (Å²) < 4.78 is 28.9. The van der Waals surface area contributed by atoms with E-state index < -0.39 is 15.7 Å². The monoisotopic (exact) mass is 385 g/mol. The summed E-state index contributed by atoms with van der Waals surface area (Å²) in [7, 11) is -3.76. The molecule has 1 amide bonds. The maximum atomic E-state index is 13.0. The Morgan fingerprint density at radius 1 is 0.963 bits per heavy atom. The Morgan fingerprint density at radius 3 is 2.11 bits per heavy atom. The zero-order valence-corrected chi connectivity index (χ0v) is 15.8. The number of carbonyl (C=O) groups excluding carboxylic acids is 1. The van der Waals surface area contributed by atoms with Crippen LogP contribution in [0, 0.1) is 5.92 Å². The number of rotatable bonds is 5. The number of hydrogen-bond donors (Lipinski definition) is 2. The van der Waals surface area contributed by atoms with Gasteiger partial charge in [-0.1, -0.05) is 36.4 Å². The Labute approximate surface area is 159 Å². The lowest BCUT2D eigenvalue weighted by Crippen LogP contribution is -2.74. The second-order valence-corrected chi connectivity index (χ2v) is 8.94. The summed E-state index contributed by atoms with van der Waals surface area (Å²) in [5.74, 6) is -0.200. The van der Waals surface area contributed by atoms with E-state index in [-0.39, 0.29) is 16.7 Å². The van der Waals surface area contributed by atoms with Crippen LogP contribution in [0.3, 0.4) is 0 Å². The van der Waals surface area contributed by atoms with Crippen molar-refractivity contribution in [1.29, 1.82) is 0 Å². The second-order valence-electron chi connectivity index (χ2n) is 7.26. The predicted octanol–water partition coefficient (Wildman–Crippen LogP) is 1.82. The molecule has 3 aliphatic rings. The minimum atomic E-state index is -3.76. The number of amides is 1. The van der Waals surface area contributed by atoms with Gasteiger partial charge < -0.3 is 5.32 Å². The maximum absolute atomic E-state index is 13.0. The lowest BCUT2D eigenvalue weighted by Gasteiger charge is -2.53. The highest BCUT2D eigenvalue weighted by atomic mass is 32.2. The van der Waals surface area contributed by atoms with Gasteiger partial charge in [-0.3, -0.25) is 9.69 Å². The predicted molar refractivity (Wildman–Crippen MR) is 103 cm³/mol. The summed E-state index contributed by atoms with van der Waals surface area (Å²) in [5.41, 5.74) is -0.481. The Balaban J connectivity index is 1.66. The summed E-state index contributed by atoms with van der Waals surface area (Å²) >= 11 is 0. The maximum Gasteiger partial charge on any atom is 0.252 e. The molecule has 2 aromatic carbocycles. The Morgan fingerprint density at radius 2 is 1.56 bits per heavy atom. The fourth-order valence-corrected chi connectivity index (χ4v) is 5.51. The normalized spacial score (nSPS) is 27.3. The zero-order chi connectivity index (χ0) is 18.9. The molecule has 1 atom stereocenters. The third kappa shape index (κ3) is 3.63. The van der Waals surface area contributed by atoms with Crippen molar-refractivity contribution in [2.45, 2.75) is 23.4 Å². The van der Waals surface area contributed by atoms with Gasteiger partial charge in [0.05, 0.1) is 4.90 Å². The number of fused-ring (bicyclic) bond motifs is 3. The number of sulfonamides is 1. The molecule has 3 saturated heterocycles. The van der Waals surface area contributed by atoms with E-state index >= 15 is 0 Å². The molecule has 2 aromatic rings. The fourth-order valence-electron chi connectivity index (χ4n) is 4.11. The highest BCUT2D eigenvalue weighted by Crippen LogP contribution is 2.35. The largest absolute Gasteiger partial charge is 0.332 e. The Kier molecular flexibility index (Phi) is 4.75. The Bertz CT molecular complexity index is 910. The smallest absolute Gasteiger partial charge is 0.252 e. The third-order valence-electron chi connectivity index (χ3n) is 5.50. The van der Waals surface area contributed by atoms with E-state index in [9.17, 15) is 13.2 Å². The van der Waals surface area contributed by atoms with Crippen LogP contribution >= 0.6 is 0 Å². The molecule has 2 bridgehead atoms. The first-order valence-electron chi connectivity index (χ1n) is 9.17. The average Bonchev–Trinajstić information content (AvgIpc) is 2.69. The highest BCUT2D eigenvalue weighted by Gasteiger charge is 2.50. The van der Waals surface area contributed by atoms with Gasteiger partial charge in [-0.2, -0.15) is 4.72 Å². The Hall–Kier alpha value is -2.22. The molecule has 7 heteroatoms. The van der Waals surface area contributed by atoms with Gasteiger partial charge in [0.1, 0.15) is 5.66 Å². The third-order valence-corrected chi connectivity index (χ3v) is 7.03. The highest BCUT2D eigenvalue weighted by molar-refractivity contribution is 7.89. The molecule has 142 valence electrons. The van der Waals surface area contributed by atoms with Crippen molar-refractivity contribution in [2.75, 3.05) is 19.6 Å².